The van der Waals surface area contributed by atoms with Crippen LogP contribution in [0.25, 0.3) is 54.9 Å². The maximum atomic E-state index is 12.3. The van der Waals surface area contributed by atoms with Gasteiger partial charge in [-0.25, -0.2) is 0 Å². The van der Waals surface area contributed by atoms with Gasteiger partial charge in [0.1, 0.15) is 11.5 Å². The highest BCUT2D eigenvalue weighted by Gasteiger charge is 2.27. The van der Waals surface area contributed by atoms with E-state index in [4.69, 9.17) is 4.99 Å². The number of anilines is 1. The number of nitrogens with one attached hydrogen (secondary N) is 1. The van der Waals surface area contributed by atoms with Gasteiger partial charge in [0.15, 0.2) is 0 Å². The van der Waals surface area contributed by atoms with Crippen LogP contribution in [0.4, 0.5) is 5.69 Å². The average Bonchev–Trinajstić information content (AvgIpc) is 3.16. The quantitative estimate of drug-likeness (QED) is 0.120. The minimum atomic E-state index is -0.0136. The lowest BCUT2D eigenvalue weighted by atomic mass is 9.86. The summed E-state index contributed by atoms with van der Waals surface area (Å²) in [5.74, 6) is 0.479. The van der Waals surface area contributed by atoms with Crippen molar-refractivity contribution in [2.75, 3.05) is 5.32 Å². The summed E-state index contributed by atoms with van der Waals surface area (Å²) in [6.45, 7) is 0. The number of benzene rings is 7. The number of rotatable bonds is 7. The number of phenolic OH excluding ortho intramolecular Hbond substituents is 2. The predicted molar refractivity (Wildman–Crippen MR) is 205 cm³/mol. The normalized spacial score (nSPS) is 16.3. The zero-order chi connectivity index (χ0) is 33.2. The fourth-order valence-electron chi connectivity index (χ4n) is 7.45. The van der Waals surface area contributed by atoms with Crippen LogP contribution in [0, 0.1) is 0 Å². The van der Waals surface area contributed by atoms with Crippen molar-refractivity contribution < 1.29 is 10.2 Å². The number of phenols is 2. The Bertz CT molecular complexity index is 2300. The Morgan fingerprint density at radius 2 is 1.18 bits per heavy atom. The molecular weight excluding hydrogens is 601 g/mol. The van der Waals surface area contributed by atoms with Crippen molar-refractivity contribution in [2.24, 2.45) is 4.99 Å². The molecule has 7 aromatic rings. The molecule has 0 amide bonds. The number of para-hydroxylation sites is 1. The number of aliphatic imine (C=N–C) groups is 1. The molecule has 1 saturated carbocycles. The molecule has 4 heteroatoms. The first-order valence-electron chi connectivity index (χ1n) is 17.1. The molecule has 0 aromatic heterocycles. The van der Waals surface area contributed by atoms with E-state index >= 15 is 0 Å². The molecule has 2 atom stereocenters. The lowest BCUT2D eigenvalue weighted by Gasteiger charge is -2.31. The Hall–Kier alpha value is -5.87. The Kier molecular flexibility index (Phi) is 8.28. The van der Waals surface area contributed by atoms with Crippen LogP contribution in [0.1, 0.15) is 31.2 Å². The Balaban J connectivity index is 1.21. The van der Waals surface area contributed by atoms with Crippen molar-refractivity contribution in [3.05, 3.63) is 151 Å². The molecule has 0 unspecified atom stereocenters. The highest BCUT2D eigenvalue weighted by Crippen LogP contribution is 2.48. The van der Waals surface area contributed by atoms with E-state index in [-0.39, 0.29) is 23.6 Å². The van der Waals surface area contributed by atoms with Gasteiger partial charge in [-0.15, -0.1) is 0 Å². The summed E-state index contributed by atoms with van der Waals surface area (Å²) in [4.78, 5) is 5.06. The van der Waals surface area contributed by atoms with Gasteiger partial charge in [-0.1, -0.05) is 146 Å². The van der Waals surface area contributed by atoms with E-state index in [0.29, 0.717) is 11.3 Å². The summed E-state index contributed by atoms with van der Waals surface area (Å²) < 4.78 is 0. The van der Waals surface area contributed by atoms with Crippen molar-refractivity contribution in [2.45, 2.75) is 37.8 Å². The van der Waals surface area contributed by atoms with E-state index in [9.17, 15) is 10.2 Å². The molecule has 240 valence electrons. The monoisotopic (exact) mass is 638 g/mol. The average molecular weight is 639 g/mol. The van der Waals surface area contributed by atoms with Crippen LogP contribution >= 0.6 is 0 Å². The fourth-order valence-corrected chi connectivity index (χ4v) is 7.45. The number of fused-ring (bicyclic) bond motifs is 2. The van der Waals surface area contributed by atoms with E-state index in [1.807, 2.05) is 66.9 Å². The minimum Gasteiger partial charge on any atom is -0.507 e. The summed E-state index contributed by atoms with van der Waals surface area (Å²) in [6, 6.07) is 49.3. The topological polar surface area (TPSA) is 64.9 Å². The molecule has 1 aliphatic rings. The summed E-state index contributed by atoms with van der Waals surface area (Å²) in [5.41, 5.74) is 7.20. The standard InChI is InChI=1S/C45H38N2O2/c48-44-34(20-13-23-38(44)31-16-5-2-6-17-31)29-46-39-24-11-12-25-40(39)47-41-28-33-19-8-10-22-36(33)43(45(41)49)42-35-21-9-7-18-32(35)26-27-37(42)30-14-3-1-4-15-30/h1-10,13-23,26-29,39-40,47-49H,11-12,24-25H2/t39-,40+/m1/s1. The Morgan fingerprint density at radius 3 is 1.94 bits per heavy atom. The van der Waals surface area contributed by atoms with Gasteiger partial charge < -0.3 is 15.5 Å². The summed E-state index contributed by atoms with van der Waals surface area (Å²) in [6.07, 6.45) is 5.85. The molecule has 3 N–H and O–H groups in total. The van der Waals surface area contributed by atoms with Crippen LogP contribution in [0.15, 0.2) is 151 Å². The van der Waals surface area contributed by atoms with E-state index in [0.717, 1.165) is 80.6 Å². The van der Waals surface area contributed by atoms with Crippen LogP contribution in [-0.2, 0) is 0 Å². The summed E-state index contributed by atoms with van der Waals surface area (Å²) in [7, 11) is 0. The summed E-state index contributed by atoms with van der Waals surface area (Å²) in [5, 5.41) is 31.6. The van der Waals surface area contributed by atoms with Crippen molar-refractivity contribution in [3.63, 3.8) is 0 Å². The molecule has 49 heavy (non-hydrogen) atoms. The maximum Gasteiger partial charge on any atom is 0.147 e. The van der Waals surface area contributed by atoms with E-state index in [2.05, 4.69) is 90.2 Å². The van der Waals surface area contributed by atoms with Gasteiger partial charge in [0, 0.05) is 34.5 Å². The van der Waals surface area contributed by atoms with Crippen LogP contribution in [0.5, 0.6) is 11.5 Å². The zero-order valence-electron chi connectivity index (χ0n) is 27.3. The molecule has 0 heterocycles. The van der Waals surface area contributed by atoms with Gasteiger partial charge in [-0.3, -0.25) is 4.99 Å². The maximum absolute atomic E-state index is 12.3. The van der Waals surface area contributed by atoms with Gasteiger partial charge in [0.05, 0.1) is 11.7 Å². The molecule has 1 aliphatic carbocycles. The van der Waals surface area contributed by atoms with Crippen LogP contribution in [0.3, 0.4) is 0 Å². The Labute approximate surface area is 287 Å². The van der Waals surface area contributed by atoms with Gasteiger partial charge in [0.2, 0.25) is 0 Å². The van der Waals surface area contributed by atoms with Gasteiger partial charge in [0.25, 0.3) is 0 Å². The number of nitrogens with zero attached hydrogens (tertiary/aromatic N) is 1. The lowest BCUT2D eigenvalue weighted by Crippen LogP contribution is -2.35. The van der Waals surface area contributed by atoms with Crippen molar-refractivity contribution >= 4 is 33.4 Å². The van der Waals surface area contributed by atoms with Gasteiger partial charge in [-0.2, -0.15) is 0 Å². The van der Waals surface area contributed by atoms with Crippen LogP contribution in [0.2, 0.25) is 0 Å². The molecule has 0 radical (unpaired) electrons. The first kappa shape index (κ1) is 30.5. The third-order valence-corrected chi connectivity index (χ3v) is 9.91. The first-order chi connectivity index (χ1) is 24.2. The molecule has 1 fully saturated rings. The number of aromatic hydroxyl groups is 2. The molecule has 0 saturated heterocycles. The zero-order valence-corrected chi connectivity index (χ0v) is 27.3. The van der Waals surface area contributed by atoms with Gasteiger partial charge >= 0.3 is 0 Å². The van der Waals surface area contributed by atoms with Gasteiger partial charge in [-0.05, 0) is 63.2 Å². The van der Waals surface area contributed by atoms with Crippen molar-refractivity contribution in [3.8, 4) is 44.9 Å². The Morgan fingerprint density at radius 1 is 0.551 bits per heavy atom. The van der Waals surface area contributed by atoms with E-state index in [1.165, 1.54) is 0 Å². The van der Waals surface area contributed by atoms with Crippen molar-refractivity contribution in [1.82, 2.24) is 0 Å². The second-order valence-corrected chi connectivity index (χ2v) is 12.9. The molecule has 7 aromatic carbocycles. The predicted octanol–water partition coefficient (Wildman–Crippen LogP) is 11.2. The fraction of sp³-hybridized carbons (Fsp3) is 0.133. The third kappa shape index (κ3) is 5.91. The minimum absolute atomic E-state index is 0.0136. The molecule has 0 spiro atoms. The lowest BCUT2D eigenvalue weighted by molar-refractivity contribution is 0.404. The third-order valence-electron chi connectivity index (χ3n) is 9.91. The second-order valence-electron chi connectivity index (χ2n) is 12.9. The second kappa shape index (κ2) is 13.3. The molecule has 8 rings (SSSR count). The summed E-state index contributed by atoms with van der Waals surface area (Å²) >= 11 is 0. The van der Waals surface area contributed by atoms with Crippen LogP contribution < -0.4 is 5.32 Å². The van der Waals surface area contributed by atoms with E-state index in [1.54, 1.807) is 0 Å². The first-order valence-corrected chi connectivity index (χ1v) is 17.1. The number of hydrogen-bond acceptors (Lipinski definition) is 4. The molecule has 0 bridgehead atoms. The van der Waals surface area contributed by atoms with Crippen molar-refractivity contribution in [1.29, 1.82) is 0 Å². The SMILES string of the molecule is Oc1c(C=N[C@@H]2CCCC[C@@H]2Nc2cc3ccccc3c(-c3c(-c4ccccc4)ccc4ccccc34)c2O)cccc1-c1ccccc1. The highest BCUT2D eigenvalue weighted by atomic mass is 16.3. The highest BCUT2D eigenvalue weighted by molar-refractivity contribution is 6.14. The largest absolute Gasteiger partial charge is 0.507 e. The van der Waals surface area contributed by atoms with E-state index < -0.39 is 0 Å². The molecule has 0 aliphatic heterocycles. The molecular formula is C45H38N2O2. The smallest absolute Gasteiger partial charge is 0.147 e. The molecule has 4 nitrogen and oxygen atoms in total. The van der Waals surface area contributed by atoms with Crippen LogP contribution in [-0.4, -0.2) is 28.5 Å². The number of hydrogen-bond donors (Lipinski definition) is 3.